The molecule has 9 heteroatoms. The molecule has 6 rings (SSSR count). The molecule has 1 heterocycles. The van der Waals surface area contributed by atoms with Crippen molar-refractivity contribution in [3.8, 4) is 0 Å². The van der Waals surface area contributed by atoms with Crippen molar-refractivity contribution in [1.82, 2.24) is 25.4 Å². The van der Waals surface area contributed by atoms with E-state index in [-0.39, 0.29) is 34.9 Å². The van der Waals surface area contributed by atoms with Crippen LogP contribution in [-0.4, -0.2) is 45.1 Å². The molecule has 40 heavy (non-hydrogen) atoms. The Morgan fingerprint density at radius 1 is 1.02 bits per heavy atom. The van der Waals surface area contributed by atoms with Gasteiger partial charge in [0.15, 0.2) is 0 Å². The van der Waals surface area contributed by atoms with Crippen molar-refractivity contribution < 1.29 is 14.4 Å². The van der Waals surface area contributed by atoms with Crippen LogP contribution in [0.25, 0.3) is 0 Å². The molecule has 0 saturated heterocycles. The Labute approximate surface area is 236 Å². The van der Waals surface area contributed by atoms with Gasteiger partial charge in [0, 0.05) is 19.3 Å². The first-order valence-corrected chi connectivity index (χ1v) is 15.1. The van der Waals surface area contributed by atoms with E-state index in [4.69, 9.17) is 0 Å². The SMILES string of the molecule is Cn1ncnc1C(=O)N[C@H](C(=O)Nc1cccc(C2(C(=O)NCC3(C)CCC3)CCCC2)c1)C(C1CC1)C1CC1. The summed E-state index contributed by atoms with van der Waals surface area (Å²) in [5.41, 5.74) is 1.27. The standard InChI is InChI=1S/C31H42N6O3/c1-30(13-6-14-30)18-32-29(40)31(15-3-4-16-31)22-7-5-8-23(17-22)35-27(38)25(24(20-9-10-20)21-11-12-21)36-28(39)26-33-19-34-37(26)2/h5,7-8,17,19-21,24-25H,3-4,6,9-16,18H2,1-2H3,(H,32,40)(H,35,38)(H,36,39)/t25-/m0/s1. The number of anilines is 1. The van der Waals surface area contributed by atoms with Crippen LogP contribution >= 0.6 is 0 Å². The molecule has 9 nitrogen and oxygen atoms in total. The van der Waals surface area contributed by atoms with Gasteiger partial charge in [-0.25, -0.2) is 9.67 Å². The Balaban J connectivity index is 1.21. The number of hydrogen-bond donors (Lipinski definition) is 3. The third kappa shape index (κ3) is 5.39. The molecule has 4 fully saturated rings. The molecule has 4 aliphatic carbocycles. The zero-order valence-corrected chi connectivity index (χ0v) is 23.7. The van der Waals surface area contributed by atoms with E-state index in [2.05, 4.69) is 33.0 Å². The normalized spacial score (nSPS) is 21.9. The summed E-state index contributed by atoms with van der Waals surface area (Å²) in [6.07, 6.45) is 12.9. The summed E-state index contributed by atoms with van der Waals surface area (Å²) in [6.45, 7) is 2.98. The predicted molar refractivity (Wildman–Crippen MR) is 151 cm³/mol. The van der Waals surface area contributed by atoms with Crippen molar-refractivity contribution in [2.75, 3.05) is 11.9 Å². The van der Waals surface area contributed by atoms with E-state index in [1.54, 1.807) is 7.05 Å². The van der Waals surface area contributed by atoms with Crippen LogP contribution in [0.5, 0.6) is 0 Å². The molecule has 0 aliphatic heterocycles. The van der Waals surface area contributed by atoms with E-state index in [1.807, 2.05) is 24.3 Å². The van der Waals surface area contributed by atoms with E-state index in [0.29, 0.717) is 17.5 Å². The first kappa shape index (κ1) is 27.0. The lowest BCUT2D eigenvalue weighted by atomic mass is 9.70. The average molecular weight is 547 g/mol. The molecule has 0 unspecified atom stereocenters. The maximum absolute atomic E-state index is 13.9. The lowest BCUT2D eigenvalue weighted by Crippen LogP contribution is -2.50. The fourth-order valence-electron chi connectivity index (χ4n) is 7.10. The highest BCUT2D eigenvalue weighted by molar-refractivity contribution is 6.00. The van der Waals surface area contributed by atoms with E-state index >= 15 is 0 Å². The van der Waals surface area contributed by atoms with Gasteiger partial charge in [0.2, 0.25) is 17.6 Å². The van der Waals surface area contributed by atoms with Crippen molar-refractivity contribution in [3.05, 3.63) is 42.0 Å². The van der Waals surface area contributed by atoms with Crippen LogP contribution < -0.4 is 16.0 Å². The Morgan fingerprint density at radius 2 is 1.73 bits per heavy atom. The third-order valence-electron chi connectivity index (χ3n) is 10.0. The molecule has 3 N–H and O–H groups in total. The van der Waals surface area contributed by atoms with Crippen LogP contribution in [0.3, 0.4) is 0 Å². The molecule has 1 aromatic heterocycles. The molecule has 4 aliphatic rings. The van der Waals surface area contributed by atoms with Gasteiger partial charge in [0.05, 0.1) is 5.41 Å². The van der Waals surface area contributed by atoms with Gasteiger partial charge in [-0.3, -0.25) is 14.4 Å². The van der Waals surface area contributed by atoms with Gasteiger partial charge in [0.25, 0.3) is 5.91 Å². The number of benzene rings is 1. The van der Waals surface area contributed by atoms with E-state index in [9.17, 15) is 14.4 Å². The highest BCUT2D eigenvalue weighted by atomic mass is 16.2. The Kier molecular flexibility index (Phi) is 7.17. The molecule has 214 valence electrons. The van der Waals surface area contributed by atoms with Gasteiger partial charge >= 0.3 is 0 Å². The minimum Gasteiger partial charge on any atom is -0.355 e. The quantitative estimate of drug-likeness (QED) is 0.392. The topological polar surface area (TPSA) is 118 Å². The number of rotatable bonds is 11. The Morgan fingerprint density at radius 3 is 2.30 bits per heavy atom. The average Bonchev–Trinajstić information content (AvgIpc) is 3.85. The van der Waals surface area contributed by atoms with Crippen LogP contribution in [0.15, 0.2) is 30.6 Å². The number of aromatic nitrogens is 3. The summed E-state index contributed by atoms with van der Waals surface area (Å²) >= 11 is 0. The molecule has 3 amide bonds. The number of aryl methyl sites for hydroxylation is 1. The van der Waals surface area contributed by atoms with E-state index in [0.717, 1.165) is 63.5 Å². The monoisotopic (exact) mass is 546 g/mol. The smallest absolute Gasteiger partial charge is 0.289 e. The van der Waals surface area contributed by atoms with E-state index < -0.39 is 11.5 Å². The number of nitrogens with zero attached hydrogens (tertiary/aromatic N) is 3. The number of nitrogens with one attached hydrogen (secondary N) is 3. The van der Waals surface area contributed by atoms with Gasteiger partial charge in [-0.05, 0) is 92.2 Å². The van der Waals surface area contributed by atoms with Crippen LogP contribution in [0.4, 0.5) is 5.69 Å². The highest BCUT2D eigenvalue weighted by Gasteiger charge is 2.49. The first-order chi connectivity index (χ1) is 19.3. The predicted octanol–water partition coefficient (Wildman–Crippen LogP) is 4.11. The summed E-state index contributed by atoms with van der Waals surface area (Å²) in [5.74, 6) is 0.726. The van der Waals surface area contributed by atoms with Crippen molar-refractivity contribution in [2.45, 2.75) is 89.0 Å². The van der Waals surface area contributed by atoms with Crippen molar-refractivity contribution >= 4 is 23.4 Å². The molecule has 0 radical (unpaired) electrons. The van der Waals surface area contributed by atoms with Gasteiger partial charge in [-0.15, -0.1) is 0 Å². The lowest BCUT2D eigenvalue weighted by molar-refractivity contribution is -0.127. The van der Waals surface area contributed by atoms with Crippen LogP contribution in [-0.2, 0) is 22.1 Å². The number of carbonyl (C=O) groups excluding carboxylic acids is 3. The number of carbonyl (C=O) groups is 3. The minimum atomic E-state index is -0.653. The summed E-state index contributed by atoms with van der Waals surface area (Å²) in [6, 6.07) is 7.15. The highest BCUT2D eigenvalue weighted by Crippen LogP contribution is 2.51. The van der Waals surface area contributed by atoms with Gasteiger partial charge < -0.3 is 16.0 Å². The molecule has 0 spiro atoms. The summed E-state index contributed by atoms with van der Waals surface area (Å²) in [4.78, 5) is 44.7. The van der Waals surface area contributed by atoms with Crippen molar-refractivity contribution in [2.24, 2.45) is 30.2 Å². The van der Waals surface area contributed by atoms with Gasteiger partial charge in [0.1, 0.15) is 12.4 Å². The van der Waals surface area contributed by atoms with Gasteiger partial charge in [-0.1, -0.05) is 38.3 Å². The van der Waals surface area contributed by atoms with Crippen LogP contribution in [0, 0.1) is 23.2 Å². The summed E-state index contributed by atoms with van der Waals surface area (Å²) < 4.78 is 1.43. The molecule has 0 bridgehead atoms. The zero-order valence-electron chi connectivity index (χ0n) is 23.7. The largest absolute Gasteiger partial charge is 0.355 e. The number of amides is 3. The minimum absolute atomic E-state index is 0.109. The third-order valence-corrected chi connectivity index (χ3v) is 10.0. The molecular weight excluding hydrogens is 504 g/mol. The second kappa shape index (κ2) is 10.6. The Bertz CT molecular complexity index is 1260. The van der Waals surface area contributed by atoms with Crippen molar-refractivity contribution in [3.63, 3.8) is 0 Å². The molecule has 4 saturated carbocycles. The fourth-order valence-corrected chi connectivity index (χ4v) is 7.10. The second-order valence-electron chi connectivity index (χ2n) is 13.1. The molecular formula is C31H42N6O3. The van der Waals surface area contributed by atoms with Crippen LogP contribution in [0.1, 0.15) is 93.7 Å². The second-order valence-corrected chi connectivity index (χ2v) is 13.1. The maximum Gasteiger partial charge on any atom is 0.289 e. The summed E-state index contributed by atoms with van der Waals surface area (Å²) in [5, 5.41) is 13.4. The maximum atomic E-state index is 13.9. The lowest BCUT2D eigenvalue weighted by Gasteiger charge is -2.39. The zero-order chi connectivity index (χ0) is 27.9. The number of hydrogen-bond acceptors (Lipinski definition) is 5. The molecule has 1 atom stereocenters. The van der Waals surface area contributed by atoms with Gasteiger partial charge in [-0.2, -0.15) is 5.10 Å². The van der Waals surface area contributed by atoms with E-state index in [1.165, 1.54) is 30.3 Å². The van der Waals surface area contributed by atoms with Crippen molar-refractivity contribution in [1.29, 1.82) is 0 Å². The van der Waals surface area contributed by atoms with Crippen LogP contribution in [0.2, 0.25) is 0 Å². The Hall–Kier alpha value is -3.23. The molecule has 1 aromatic carbocycles. The fraction of sp³-hybridized carbons (Fsp3) is 0.645. The molecule has 2 aromatic rings. The first-order valence-electron chi connectivity index (χ1n) is 15.1. The summed E-state index contributed by atoms with van der Waals surface area (Å²) in [7, 11) is 1.67.